The van der Waals surface area contributed by atoms with Crippen LogP contribution in [-0.4, -0.2) is 33.7 Å². The molecule has 162 valence electrons. The number of aromatic amines is 1. The summed E-state index contributed by atoms with van der Waals surface area (Å²) < 4.78 is 45.8. The second-order valence-corrected chi connectivity index (χ2v) is 6.59. The Labute approximate surface area is 174 Å². The van der Waals surface area contributed by atoms with Crippen molar-refractivity contribution in [1.29, 1.82) is 0 Å². The van der Waals surface area contributed by atoms with Crippen LogP contribution in [0.15, 0.2) is 61.0 Å². The standard InChI is InChI=1S/C18H15FN4O.C3H3F3O/c19-12-2-1-3-13(9-12)22-17-8-11(4-6-20-17)16-10-14-15(23-16)5-7-21-18(14)24;1-2(7)3(4,5)6/h1-4,6,8-10,23H,5,7H2,(H,20,22)(H,21,24);7H,1H2. The van der Waals surface area contributed by atoms with Crippen LogP contribution in [0.25, 0.3) is 11.3 Å². The van der Waals surface area contributed by atoms with E-state index in [-0.39, 0.29) is 11.7 Å². The molecule has 0 aliphatic carbocycles. The smallest absolute Gasteiger partial charge is 0.448 e. The van der Waals surface area contributed by atoms with Gasteiger partial charge in [0.25, 0.3) is 5.91 Å². The van der Waals surface area contributed by atoms with Gasteiger partial charge in [-0.2, -0.15) is 13.2 Å². The summed E-state index contributed by atoms with van der Waals surface area (Å²) in [6, 6.07) is 11.8. The first-order valence-electron chi connectivity index (χ1n) is 9.07. The number of aliphatic hydroxyl groups excluding tert-OH is 1. The fraction of sp³-hybridized carbons (Fsp3) is 0.143. The molecule has 6 nitrogen and oxygen atoms in total. The molecule has 0 radical (unpaired) electrons. The number of carbonyl (C=O) groups is 1. The van der Waals surface area contributed by atoms with Crippen LogP contribution in [0.3, 0.4) is 0 Å². The van der Waals surface area contributed by atoms with Crippen molar-refractivity contribution in [3.8, 4) is 11.3 Å². The first kappa shape index (κ1) is 21.9. The predicted molar refractivity (Wildman–Crippen MR) is 108 cm³/mol. The van der Waals surface area contributed by atoms with Gasteiger partial charge >= 0.3 is 6.18 Å². The van der Waals surface area contributed by atoms with Crippen LogP contribution >= 0.6 is 0 Å². The van der Waals surface area contributed by atoms with Crippen LogP contribution in [0.4, 0.5) is 29.1 Å². The molecule has 0 unspecified atom stereocenters. The first-order valence-corrected chi connectivity index (χ1v) is 9.07. The van der Waals surface area contributed by atoms with Crippen molar-refractivity contribution in [1.82, 2.24) is 15.3 Å². The van der Waals surface area contributed by atoms with Gasteiger partial charge in [-0.1, -0.05) is 12.6 Å². The third-order valence-electron chi connectivity index (χ3n) is 4.30. The number of hydrogen-bond acceptors (Lipinski definition) is 4. The molecule has 1 aromatic carbocycles. The molecule has 0 atom stereocenters. The number of carbonyl (C=O) groups excluding carboxylic acids is 1. The highest BCUT2D eigenvalue weighted by atomic mass is 19.4. The van der Waals surface area contributed by atoms with Gasteiger partial charge in [0.1, 0.15) is 11.6 Å². The number of fused-ring (bicyclic) bond motifs is 1. The molecular formula is C21H18F4N4O2. The molecule has 1 aliphatic rings. The average Bonchev–Trinajstić information content (AvgIpc) is 3.14. The van der Waals surface area contributed by atoms with Crippen LogP contribution in [0.1, 0.15) is 16.1 Å². The number of allylic oxidation sites excluding steroid dienone is 1. The number of amides is 1. The molecule has 0 saturated heterocycles. The van der Waals surface area contributed by atoms with E-state index in [9.17, 15) is 22.4 Å². The van der Waals surface area contributed by atoms with Crippen LogP contribution in [-0.2, 0) is 6.42 Å². The number of alkyl halides is 3. The zero-order valence-corrected chi connectivity index (χ0v) is 16.1. The zero-order valence-electron chi connectivity index (χ0n) is 16.1. The summed E-state index contributed by atoms with van der Waals surface area (Å²) in [5.74, 6) is -1.51. The summed E-state index contributed by atoms with van der Waals surface area (Å²) in [4.78, 5) is 19.4. The molecule has 3 heterocycles. The van der Waals surface area contributed by atoms with Crippen molar-refractivity contribution in [3.05, 3.63) is 78.1 Å². The third kappa shape index (κ3) is 5.62. The number of aliphatic hydroxyl groups is 1. The third-order valence-corrected chi connectivity index (χ3v) is 4.30. The van der Waals surface area contributed by atoms with E-state index >= 15 is 0 Å². The number of aromatic nitrogens is 2. The van der Waals surface area contributed by atoms with Crippen molar-refractivity contribution in [3.63, 3.8) is 0 Å². The summed E-state index contributed by atoms with van der Waals surface area (Å²) in [6.07, 6.45) is -2.17. The quantitative estimate of drug-likeness (QED) is 0.350. The van der Waals surface area contributed by atoms with E-state index in [1.54, 1.807) is 18.3 Å². The monoisotopic (exact) mass is 434 g/mol. The number of H-pyrrole nitrogens is 1. The Morgan fingerprint density at radius 2 is 1.94 bits per heavy atom. The number of pyridine rings is 1. The highest BCUT2D eigenvalue weighted by Gasteiger charge is 2.31. The molecule has 0 fully saturated rings. The van der Waals surface area contributed by atoms with Crippen molar-refractivity contribution >= 4 is 17.4 Å². The molecule has 1 aliphatic heterocycles. The number of rotatable bonds is 3. The fourth-order valence-electron chi connectivity index (χ4n) is 2.83. The Morgan fingerprint density at radius 3 is 2.58 bits per heavy atom. The van der Waals surface area contributed by atoms with E-state index in [1.165, 1.54) is 12.1 Å². The van der Waals surface area contributed by atoms with Gasteiger partial charge in [0.2, 0.25) is 0 Å². The molecule has 2 aromatic heterocycles. The van der Waals surface area contributed by atoms with Gasteiger partial charge in [-0.3, -0.25) is 4.79 Å². The SMILES string of the molecule is C=C(O)C(F)(F)F.O=C1NCCc2[nH]c(-c3ccnc(Nc4cccc(F)c4)c3)cc21. The minimum atomic E-state index is -4.64. The van der Waals surface area contributed by atoms with E-state index in [2.05, 4.69) is 27.2 Å². The number of halogens is 4. The molecule has 31 heavy (non-hydrogen) atoms. The van der Waals surface area contributed by atoms with Gasteiger partial charge in [-0.05, 0) is 36.4 Å². The van der Waals surface area contributed by atoms with Crippen molar-refractivity contribution in [2.24, 2.45) is 0 Å². The molecule has 4 N–H and O–H groups in total. The Bertz CT molecular complexity index is 1110. The minimum Gasteiger partial charge on any atom is -0.505 e. The van der Waals surface area contributed by atoms with Gasteiger partial charge < -0.3 is 20.7 Å². The fourth-order valence-corrected chi connectivity index (χ4v) is 2.83. The first-order chi connectivity index (χ1) is 14.6. The Balaban J connectivity index is 0.000000339. The minimum absolute atomic E-state index is 0.0501. The molecule has 0 bridgehead atoms. The average molecular weight is 434 g/mol. The predicted octanol–water partition coefficient (Wildman–Crippen LogP) is 4.87. The van der Waals surface area contributed by atoms with E-state index in [4.69, 9.17) is 5.11 Å². The lowest BCUT2D eigenvalue weighted by Crippen LogP contribution is -2.31. The van der Waals surface area contributed by atoms with Crippen molar-refractivity contribution in [2.75, 3.05) is 11.9 Å². The van der Waals surface area contributed by atoms with Crippen LogP contribution < -0.4 is 10.6 Å². The number of nitrogens with one attached hydrogen (secondary N) is 3. The largest absolute Gasteiger partial charge is 0.505 e. The van der Waals surface area contributed by atoms with Gasteiger partial charge in [0.15, 0.2) is 5.76 Å². The Kier molecular flexibility index (Phi) is 6.28. The van der Waals surface area contributed by atoms with E-state index in [1.807, 2.05) is 18.2 Å². The van der Waals surface area contributed by atoms with Crippen LogP contribution in [0.2, 0.25) is 0 Å². The highest BCUT2D eigenvalue weighted by molar-refractivity contribution is 5.97. The van der Waals surface area contributed by atoms with E-state index in [0.29, 0.717) is 23.6 Å². The maximum absolute atomic E-state index is 13.3. The topological polar surface area (TPSA) is 90.0 Å². The lowest BCUT2D eigenvalue weighted by molar-refractivity contribution is -0.119. The highest BCUT2D eigenvalue weighted by Crippen LogP contribution is 2.26. The number of benzene rings is 1. The number of hydrogen-bond donors (Lipinski definition) is 4. The van der Waals surface area contributed by atoms with Crippen LogP contribution in [0.5, 0.6) is 0 Å². The molecule has 3 aromatic rings. The van der Waals surface area contributed by atoms with E-state index in [0.717, 1.165) is 23.4 Å². The maximum Gasteiger partial charge on any atom is 0.448 e. The molecule has 1 amide bonds. The van der Waals surface area contributed by atoms with Crippen molar-refractivity contribution < 1.29 is 27.5 Å². The maximum atomic E-state index is 13.3. The van der Waals surface area contributed by atoms with Gasteiger partial charge in [0.05, 0.1) is 5.56 Å². The molecule has 4 rings (SSSR count). The lowest BCUT2D eigenvalue weighted by atomic mass is 10.1. The normalized spacial score (nSPS) is 12.8. The second kappa shape index (κ2) is 8.90. The van der Waals surface area contributed by atoms with Crippen LogP contribution in [0, 0.1) is 5.82 Å². The van der Waals surface area contributed by atoms with E-state index < -0.39 is 11.9 Å². The zero-order chi connectivity index (χ0) is 22.6. The Hall–Kier alpha value is -3.82. The van der Waals surface area contributed by atoms with Gasteiger partial charge in [-0.15, -0.1) is 0 Å². The lowest BCUT2D eigenvalue weighted by Gasteiger charge is -2.11. The molecule has 0 saturated carbocycles. The molecule has 10 heteroatoms. The van der Waals surface area contributed by atoms with Gasteiger partial charge in [0, 0.05) is 41.8 Å². The summed E-state index contributed by atoms with van der Waals surface area (Å²) in [5, 5.41) is 13.5. The summed E-state index contributed by atoms with van der Waals surface area (Å²) in [7, 11) is 0. The number of anilines is 2. The summed E-state index contributed by atoms with van der Waals surface area (Å²) in [6.45, 7) is 2.90. The van der Waals surface area contributed by atoms with Crippen molar-refractivity contribution in [2.45, 2.75) is 12.6 Å². The van der Waals surface area contributed by atoms with Gasteiger partial charge in [-0.25, -0.2) is 9.37 Å². The number of nitrogens with zero attached hydrogens (tertiary/aromatic N) is 1. The molecule has 0 spiro atoms. The summed E-state index contributed by atoms with van der Waals surface area (Å²) in [5.41, 5.74) is 4.04. The Morgan fingerprint density at radius 1 is 1.19 bits per heavy atom. The molecular weight excluding hydrogens is 416 g/mol. The second-order valence-electron chi connectivity index (χ2n) is 6.59. The summed E-state index contributed by atoms with van der Waals surface area (Å²) >= 11 is 0.